The zero-order valence-corrected chi connectivity index (χ0v) is 11.7. The van der Waals surface area contributed by atoms with Gasteiger partial charge in [-0.25, -0.2) is 8.42 Å². The largest absolute Gasteiger partial charge is 0.329 e. The lowest BCUT2D eigenvalue weighted by molar-refractivity contribution is 0.587. The molecule has 18 heavy (non-hydrogen) atoms. The zero-order valence-electron chi connectivity index (χ0n) is 10.1. The van der Waals surface area contributed by atoms with Crippen LogP contribution in [0.2, 0.25) is 5.02 Å². The van der Waals surface area contributed by atoms with Crippen LogP contribution in [0, 0.1) is 0 Å². The maximum atomic E-state index is 12.0. The Morgan fingerprint density at radius 3 is 2.33 bits per heavy atom. The molecule has 100 valence electrons. The molecule has 0 spiro atoms. The number of sulfone groups is 1. The van der Waals surface area contributed by atoms with Crippen molar-refractivity contribution in [2.45, 2.75) is 23.6 Å². The van der Waals surface area contributed by atoms with Crippen molar-refractivity contribution in [3.05, 3.63) is 34.9 Å². The van der Waals surface area contributed by atoms with Crippen molar-refractivity contribution < 1.29 is 8.42 Å². The van der Waals surface area contributed by atoms with Crippen LogP contribution in [-0.2, 0) is 9.84 Å². The molecule has 1 aromatic carbocycles. The molecule has 6 heteroatoms. The summed E-state index contributed by atoms with van der Waals surface area (Å²) in [6.07, 6.45) is 0. The third kappa shape index (κ3) is 2.05. The van der Waals surface area contributed by atoms with Gasteiger partial charge in [0, 0.05) is 23.2 Å². The summed E-state index contributed by atoms with van der Waals surface area (Å²) < 4.78 is 24.1. The van der Waals surface area contributed by atoms with Crippen LogP contribution in [0.5, 0.6) is 0 Å². The second-order valence-corrected chi connectivity index (χ2v) is 7.57. The maximum absolute atomic E-state index is 12.0. The smallest absolute Gasteiger partial charge is 0.155 e. The minimum atomic E-state index is -3.19. The monoisotopic (exact) mass is 288 g/mol. The van der Waals surface area contributed by atoms with Crippen LogP contribution in [0.4, 0.5) is 0 Å². The molecule has 4 N–H and O–H groups in total. The number of benzene rings is 1. The number of hydrogen-bond donors (Lipinski definition) is 2. The Labute approximate surface area is 112 Å². The predicted octanol–water partition coefficient (Wildman–Crippen LogP) is 0.897. The molecule has 1 saturated carbocycles. The minimum absolute atomic E-state index is 0.0840. The SMILES string of the molecule is CCS(=O)(=O)[C@@H]1[C@H](c2ccc(Cl)cc2)[C@]1(N)CN. The van der Waals surface area contributed by atoms with Crippen molar-refractivity contribution in [2.75, 3.05) is 12.3 Å². The Balaban J connectivity index is 2.37. The Hall–Kier alpha value is -0.620. The van der Waals surface area contributed by atoms with E-state index < -0.39 is 20.6 Å². The van der Waals surface area contributed by atoms with Gasteiger partial charge in [0.25, 0.3) is 0 Å². The first kappa shape index (κ1) is 13.8. The van der Waals surface area contributed by atoms with Crippen LogP contribution in [-0.4, -0.2) is 31.5 Å². The molecule has 1 aromatic rings. The summed E-state index contributed by atoms with van der Waals surface area (Å²) in [6, 6.07) is 7.11. The van der Waals surface area contributed by atoms with E-state index in [1.165, 1.54) is 0 Å². The molecular formula is C12H17ClN2O2S. The van der Waals surface area contributed by atoms with Crippen LogP contribution in [0.25, 0.3) is 0 Å². The fourth-order valence-corrected chi connectivity index (χ4v) is 4.69. The van der Waals surface area contributed by atoms with Gasteiger partial charge in [0.2, 0.25) is 0 Å². The molecule has 3 atom stereocenters. The summed E-state index contributed by atoms with van der Waals surface area (Å²) >= 11 is 5.82. The molecule has 0 aromatic heterocycles. The highest BCUT2D eigenvalue weighted by atomic mass is 35.5. The number of rotatable bonds is 4. The topological polar surface area (TPSA) is 86.2 Å². The molecule has 0 radical (unpaired) electrons. The molecule has 0 aliphatic heterocycles. The second kappa shape index (κ2) is 4.49. The van der Waals surface area contributed by atoms with Crippen LogP contribution < -0.4 is 11.5 Å². The number of nitrogens with two attached hydrogens (primary N) is 2. The predicted molar refractivity (Wildman–Crippen MR) is 73.4 cm³/mol. The maximum Gasteiger partial charge on any atom is 0.155 e. The Morgan fingerprint density at radius 1 is 1.33 bits per heavy atom. The van der Waals surface area contributed by atoms with E-state index in [0.717, 1.165) is 5.56 Å². The van der Waals surface area contributed by atoms with E-state index in [1.807, 2.05) is 12.1 Å². The van der Waals surface area contributed by atoms with Gasteiger partial charge in [0.05, 0.1) is 10.8 Å². The van der Waals surface area contributed by atoms with E-state index in [4.69, 9.17) is 23.1 Å². The van der Waals surface area contributed by atoms with Crippen molar-refractivity contribution in [2.24, 2.45) is 11.5 Å². The fourth-order valence-electron chi connectivity index (χ4n) is 2.54. The highest BCUT2D eigenvalue weighted by Gasteiger charge is 2.67. The first-order chi connectivity index (χ1) is 8.36. The lowest BCUT2D eigenvalue weighted by Crippen LogP contribution is -2.39. The average Bonchev–Trinajstić information content (AvgIpc) is 2.98. The summed E-state index contributed by atoms with van der Waals surface area (Å²) in [5.41, 5.74) is 11.8. The molecule has 0 unspecified atom stereocenters. The van der Waals surface area contributed by atoms with Gasteiger partial charge in [-0.2, -0.15) is 0 Å². The quantitative estimate of drug-likeness (QED) is 0.862. The molecule has 2 rings (SSSR count). The lowest BCUT2D eigenvalue weighted by atomic mass is 10.1. The first-order valence-corrected chi connectivity index (χ1v) is 7.92. The van der Waals surface area contributed by atoms with Gasteiger partial charge in [-0.15, -0.1) is 0 Å². The van der Waals surface area contributed by atoms with Gasteiger partial charge in [0.1, 0.15) is 0 Å². The van der Waals surface area contributed by atoms with E-state index in [2.05, 4.69) is 0 Å². The van der Waals surface area contributed by atoms with Gasteiger partial charge >= 0.3 is 0 Å². The first-order valence-electron chi connectivity index (χ1n) is 5.83. The van der Waals surface area contributed by atoms with E-state index in [0.29, 0.717) is 5.02 Å². The van der Waals surface area contributed by atoms with Crippen LogP contribution in [0.1, 0.15) is 18.4 Å². The molecule has 1 fully saturated rings. The van der Waals surface area contributed by atoms with E-state index in [9.17, 15) is 8.42 Å². The normalized spacial score (nSPS) is 31.3. The van der Waals surface area contributed by atoms with Crippen molar-refractivity contribution in [3.8, 4) is 0 Å². The molecular weight excluding hydrogens is 272 g/mol. The van der Waals surface area contributed by atoms with Crippen molar-refractivity contribution in [1.82, 2.24) is 0 Å². The number of hydrogen-bond acceptors (Lipinski definition) is 4. The van der Waals surface area contributed by atoms with Crippen molar-refractivity contribution in [3.63, 3.8) is 0 Å². The summed E-state index contributed by atoms with van der Waals surface area (Å²) in [5.74, 6) is -0.148. The lowest BCUT2D eigenvalue weighted by Gasteiger charge is -2.07. The third-order valence-electron chi connectivity index (χ3n) is 3.67. The van der Waals surface area contributed by atoms with E-state index >= 15 is 0 Å². The van der Waals surface area contributed by atoms with Gasteiger partial charge < -0.3 is 11.5 Å². The Kier molecular flexibility index (Phi) is 3.44. The van der Waals surface area contributed by atoms with Crippen LogP contribution >= 0.6 is 11.6 Å². The van der Waals surface area contributed by atoms with Crippen molar-refractivity contribution in [1.29, 1.82) is 0 Å². The van der Waals surface area contributed by atoms with Gasteiger partial charge in [-0.05, 0) is 17.7 Å². The van der Waals surface area contributed by atoms with E-state index in [1.54, 1.807) is 19.1 Å². The van der Waals surface area contributed by atoms with Gasteiger partial charge in [-0.3, -0.25) is 0 Å². The minimum Gasteiger partial charge on any atom is -0.329 e. The van der Waals surface area contributed by atoms with Gasteiger partial charge in [-0.1, -0.05) is 30.7 Å². The molecule has 1 aliphatic carbocycles. The van der Waals surface area contributed by atoms with Crippen LogP contribution in [0.15, 0.2) is 24.3 Å². The van der Waals surface area contributed by atoms with Crippen LogP contribution in [0.3, 0.4) is 0 Å². The molecule has 4 nitrogen and oxygen atoms in total. The van der Waals surface area contributed by atoms with E-state index in [-0.39, 0.29) is 18.2 Å². The fraction of sp³-hybridized carbons (Fsp3) is 0.500. The molecule has 0 bridgehead atoms. The Bertz CT molecular complexity index is 544. The van der Waals surface area contributed by atoms with Gasteiger partial charge in [0.15, 0.2) is 9.84 Å². The summed E-state index contributed by atoms with van der Waals surface area (Å²) in [6.45, 7) is 1.79. The zero-order chi connectivity index (χ0) is 13.6. The Morgan fingerprint density at radius 2 is 1.89 bits per heavy atom. The molecule has 0 saturated heterocycles. The highest BCUT2D eigenvalue weighted by molar-refractivity contribution is 7.92. The van der Waals surface area contributed by atoms with Crippen molar-refractivity contribution >= 4 is 21.4 Å². The standard InChI is InChI=1S/C12H17ClN2O2S/c1-2-18(16,17)11-10(12(11,15)7-14)8-3-5-9(13)6-4-8/h3-6,10-11H,2,7,14-15H2,1H3/t10-,11+,12+/m0/s1. The number of halogens is 1. The average molecular weight is 289 g/mol. The molecule has 0 heterocycles. The third-order valence-corrected chi connectivity index (χ3v) is 6.22. The summed E-state index contributed by atoms with van der Waals surface area (Å²) in [7, 11) is -3.19. The highest BCUT2D eigenvalue weighted by Crippen LogP contribution is 2.53. The second-order valence-electron chi connectivity index (χ2n) is 4.72. The summed E-state index contributed by atoms with van der Waals surface area (Å²) in [4.78, 5) is 0. The molecule has 0 amide bonds. The molecule has 1 aliphatic rings. The summed E-state index contributed by atoms with van der Waals surface area (Å²) in [5, 5.41) is 0.0332.